The highest BCUT2D eigenvalue weighted by Gasteiger charge is 2.33. The average molecular weight is 168 g/mol. The summed E-state index contributed by atoms with van der Waals surface area (Å²) < 4.78 is 0. The molecule has 0 aromatic carbocycles. The number of amides is 1. The number of hydrogen-bond acceptors (Lipinski definition) is 2. The molecule has 2 heterocycles. The molecule has 0 saturated carbocycles. The van der Waals surface area contributed by atoms with Crippen LogP contribution in [0.1, 0.15) is 19.3 Å². The molecule has 12 heavy (non-hydrogen) atoms. The third kappa shape index (κ3) is 1.46. The fourth-order valence-corrected chi connectivity index (χ4v) is 2.35. The van der Waals surface area contributed by atoms with Gasteiger partial charge in [-0.25, -0.2) is 0 Å². The lowest BCUT2D eigenvalue weighted by atomic mass is 9.99. The summed E-state index contributed by atoms with van der Waals surface area (Å²) in [5.41, 5.74) is 0. The molecule has 1 N–H and O–H groups in total. The number of carbonyl (C=O) groups is 1. The molecular weight excluding hydrogens is 152 g/mol. The second kappa shape index (κ2) is 3.05. The monoisotopic (exact) mass is 168 g/mol. The van der Waals surface area contributed by atoms with Gasteiger partial charge >= 0.3 is 0 Å². The standard InChI is InChI=1S/C9H16N2O/c1-11-5-7-3-2-4-9(12)10-8(7)6-11/h7-8H,2-6H2,1H3,(H,10,12). The van der Waals surface area contributed by atoms with Crippen molar-refractivity contribution in [1.82, 2.24) is 10.2 Å². The molecule has 1 amide bonds. The summed E-state index contributed by atoms with van der Waals surface area (Å²) in [6, 6.07) is 0.435. The summed E-state index contributed by atoms with van der Waals surface area (Å²) in [6.07, 6.45) is 3.02. The first-order valence-electron chi connectivity index (χ1n) is 4.73. The van der Waals surface area contributed by atoms with E-state index in [0.29, 0.717) is 12.0 Å². The van der Waals surface area contributed by atoms with Crippen LogP contribution >= 0.6 is 0 Å². The highest BCUT2D eigenvalue weighted by molar-refractivity contribution is 5.76. The van der Waals surface area contributed by atoms with Crippen LogP contribution in [0.15, 0.2) is 0 Å². The molecule has 2 aliphatic heterocycles. The topological polar surface area (TPSA) is 32.3 Å². The molecule has 2 rings (SSSR count). The smallest absolute Gasteiger partial charge is 0.220 e. The quantitative estimate of drug-likeness (QED) is 0.561. The number of nitrogens with zero attached hydrogens (tertiary/aromatic N) is 1. The van der Waals surface area contributed by atoms with Crippen molar-refractivity contribution in [2.75, 3.05) is 20.1 Å². The Morgan fingerprint density at radius 1 is 1.50 bits per heavy atom. The van der Waals surface area contributed by atoms with Crippen LogP contribution in [-0.2, 0) is 4.79 Å². The lowest BCUT2D eigenvalue weighted by Crippen LogP contribution is -2.38. The predicted molar refractivity (Wildman–Crippen MR) is 46.8 cm³/mol. The Bertz CT molecular complexity index is 193. The number of nitrogens with one attached hydrogen (secondary N) is 1. The number of likely N-dealkylation sites (N-methyl/N-ethyl adjacent to an activating group) is 1. The molecule has 2 fully saturated rings. The van der Waals surface area contributed by atoms with Gasteiger partial charge in [0.2, 0.25) is 5.91 Å². The van der Waals surface area contributed by atoms with E-state index in [4.69, 9.17) is 0 Å². The maximum absolute atomic E-state index is 11.2. The van der Waals surface area contributed by atoms with Gasteiger partial charge in [0.25, 0.3) is 0 Å². The first kappa shape index (κ1) is 8.05. The SMILES string of the molecule is CN1CC2CCCC(=O)NC2C1. The minimum Gasteiger partial charge on any atom is -0.352 e. The number of hydrogen-bond donors (Lipinski definition) is 1. The largest absolute Gasteiger partial charge is 0.352 e. The second-order valence-electron chi connectivity index (χ2n) is 4.05. The zero-order valence-electron chi connectivity index (χ0n) is 7.55. The molecule has 3 heteroatoms. The summed E-state index contributed by atoms with van der Waals surface area (Å²) in [5.74, 6) is 0.958. The number of carbonyl (C=O) groups excluding carboxylic acids is 1. The van der Waals surface area contributed by atoms with Crippen molar-refractivity contribution >= 4 is 5.91 Å². The van der Waals surface area contributed by atoms with E-state index in [-0.39, 0.29) is 5.91 Å². The maximum Gasteiger partial charge on any atom is 0.220 e. The van der Waals surface area contributed by atoms with Gasteiger partial charge in [0, 0.05) is 25.6 Å². The van der Waals surface area contributed by atoms with E-state index in [1.807, 2.05) is 0 Å². The van der Waals surface area contributed by atoms with Gasteiger partial charge in [-0.05, 0) is 25.8 Å². The van der Waals surface area contributed by atoms with E-state index < -0.39 is 0 Å². The minimum atomic E-state index is 0.248. The molecule has 0 radical (unpaired) electrons. The van der Waals surface area contributed by atoms with Gasteiger partial charge < -0.3 is 10.2 Å². The number of rotatable bonds is 0. The Labute approximate surface area is 73.1 Å². The van der Waals surface area contributed by atoms with Crippen molar-refractivity contribution in [3.8, 4) is 0 Å². The zero-order valence-corrected chi connectivity index (χ0v) is 7.55. The van der Waals surface area contributed by atoms with Crippen LogP contribution in [0, 0.1) is 5.92 Å². The van der Waals surface area contributed by atoms with Gasteiger partial charge in [-0.1, -0.05) is 0 Å². The molecular formula is C9H16N2O. The summed E-state index contributed by atoms with van der Waals surface area (Å²) in [7, 11) is 2.13. The number of fused-ring (bicyclic) bond motifs is 1. The fourth-order valence-electron chi connectivity index (χ4n) is 2.35. The van der Waals surface area contributed by atoms with Gasteiger partial charge in [0.1, 0.15) is 0 Å². The van der Waals surface area contributed by atoms with Gasteiger partial charge in [0.15, 0.2) is 0 Å². The van der Waals surface area contributed by atoms with Crippen LogP contribution < -0.4 is 5.32 Å². The van der Waals surface area contributed by atoms with E-state index in [9.17, 15) is 4.79 Å². The van der Waals surface area contributed by atoms with Gasteiger partial charge in [-0.15, -0.1) is 0 Å². The first-order chi connectivity index (χ1) is 5.75. The Morgan fingerprint density at radius 2 is 2.33 bits per heavy atom. The van der Waals surface area contributed by atoms with Gasteiger partial charge in [0.05, 0.1) is 0 Å². The van der Waals surface area contributed by atoms with E-state index >= 15 is 0 Å². The van der Waals surface area contributed by atoms with Crippen molar-refractivity contribution < 1.29 is 4.79 Å². The fraction of sp³-hybridized carbons (Fsp3) is 0.889. The van der Waals surface area contributed by atoms with Crippen molar-refractivity contribution in [1.29, 1.82) is 0 Å². The van der Waals surface area contributed by atoms with Crippen molar-refractivity contribution in [2.45, 2.75) is 25.3 Å². The molecule has 2 aliphatic rings. The van der Waals surface area contributed by atoms with Crippen LogP contribution in [0.3, 0.4) is 0 Å². The highest BCUT2D eigenvalue weighted by Crippen LogP contribution is 2.23. The van der Waals surface area contributed by atoms with Crippen LogP contribution in [0.25, 0.3) is 0 Å². The Morgan fingerprint density at radius 3 is 3.17 bits per heavy atom. The summed E-state index contributed by atoms with van der Waals surface area (Å²) in [6.45, 7) is 2.20. The maximum atomic E-state index is 11.2. The highest BCUT2D eigenvalue weighted by atomic mass is 16.1. The van der Waals surface area contributed by atoms with E-state index in [0.717, 1.165) is 25.9 Å². The van der Waals surface area contributed by atoms with Crippen LogP contribution in [0.2, 0.25) is 0 Å². The molecule has 0 bridgehead atoms. The minimum absolute atomic E-state index is 0.248. The van der Waals surface area contributed by atoms with Crippen LogP contribution in [-0.4, -0.2) is 37.0 Å². The van der Waals surface area contributed by atoms with Gasteiger partial charge in [-0.3, -0.25) is 4.79 Å². The van der Waals surface area contributed by atoms with Crippen molar-refractivity contribution in [3.63, 3.8) is 0 Å². The zero-order chi connectivity index (χ0) is 8.55. The summed E-state index contributed by atoms with van der Waals surface area (Å²) in [4.78, 5) is 13.5. The van der Waals surface area contributed by atoms with Crippen LogP contribution in [0.4, 0.5) is 0 Å². The average Bonchev–Trinajstić information content (AvgIpc) is 2.23. The Balaban J connectivity index is 2.03. The summed E-state index contributed by atoms with van der Waals surface area (Å²) >= 11 is 0. The van der Waals surface area contributed by atoms with Crippen LogP contribution in [0.5, 0.6) is 0 Å². The lowest BCUT2D eigenvalue weighted by molar-refractivity contribution is -0.121. The third-order valence-electron chi connectivity index (χ3n) is 2.95. The first-order valence-corrected chi connectivity index (χ1v) is 4.73. The van der Waals surface area contributed by atoms with E-state index in [2.05, 4.69) is 17.3 Å². The molecule has 2 unspecified atom stereocenters. The molecule has 68 valence electrons. The Kier molecular flexibility index (Phi) is 2.05. The molecule has 2 saturated heterocycles. The van der Waals surface area contributed by atoms with Crippen molar-refractivity contribution in [2.24, 2.45) is 5.92 Å². The lowest BCUT2D eigenvalue weighted by Gasteiger charge is -2.14. The molecule has 3 nitrogen and oxygen atoms in total. The molecule has 2 atom stereocenters. The molecule has 0 spiro atoms. The number of likely N-dealkylation sites (tertiary alicyclic amines) is 1. The second-order valence-corrected chi connectivity index (χ2v) is 4.05. The Hall–Kier alpha value is -0.570. The summed E-state index contributed by atoms with van der Waals surface area (Å²) in [5, 5.41) is 3.09. The molecule has 0 aliphatic carbocycles. The normalized spacial score (nSPS) is 37.2. The van der Waals surface area contributed by atoms with Crippen molar-refractivity contribution in [3.05, 3.63) is 0 Å². The molecule has 0 aromatic heterocycles. The van der Waals surface area contributed by atoms with Gasteiger partial charge in [-0.2, -0.15) is 0 Å². The predicted octanol–water partition coefficient (Wildman–Crippen LogP) is 0.217. The third-order valence-corrected chi connectivity index (χ3v) is 2.95. The van der Waals surface area contributed by atoms with E-state index in [1.165, 1.54) is 6.42 Å². The molecule has 0 aromatic rings. The van der Waals surface area contributed by atoms with E-state index in [1.54, 1.807) is 0 Å².